The molecule has 33 heavy (non-hydrogen) atoms. The predicted octanol–water partition coefficient (Wildman–Crippen LogP) is 5.10. The molecule has 6 nitrogen and oxygen atoms in total. The first kappa shape index (κ1) is 21.2. The van der Waals surface area contributed by atoms with Gasteiger partial charge in [-0.05, 0) is 48.7 Å². The lowest BCUT2D eigenvalue weighted by Crippen LogP contribution is -2.41. The number of rotatable bonds is 4. The number of carbonyl (C=O) groups excluding carboxylic acids is 1. The second-order valence-electron chi connectivity index (χ2n) is 7.94. The van der Waals surface area contributed by atoms with Gasteiger partial charge in [-0.3, -0.25) is 4.79 Å². The summed E-state index contributed by atoms with van der Waals surface area (Å²) >= 11 is 1.34. The summed E-state index contributed by atoms with van der Waals surface area (Å²) in [6.45, 7) is 3.99. The molecule has 0 radical (unpaired) electrons. The van der Waals surface area contributed by atoms with Gasteiger partial charge in [-0.15, -0.1) is 10.2 Å². The molecule has 1 aromatic heterocycles. The van der Waals surface area contributed by atoms with E-state index < -0.39 is 11.3 Å². The highest BCUT2D eigenvalue weighted by molar-refractivity contribution is 8.00. The van der Waals surface area contributed by atoms with Gasteiger partial charge in [0.15, 0.2) is 5.82 Å². The molecule has 0 unspecified atom stereocenters. The number of benzene rings is 3. The van der Waals surface area contributed by atoms with Crippen molar-refractivity contribution in [1.29, 1.82) is 0 Å². The number of hydrogen-bond acceptors (Lipinski definition) is 5. The molecule has 166 valence electrons. The van der Waals surface area contributed by atoms with E-state index in [1.165, 1.54) is 23.9 Å². The summed E-state index contributed by atoms with van der Waals surface area (Å²) in [5, 5.41) is 11.8. The average Bonchev–Trinajstić information content (AvgIpc) is 3.25. The number of thioether (sulfide) groups is 1. The van der Waals surface area contributed by atoms with E-state index in [1.54, 1.807) is 16.8 Å². The summed E-state index contributed by atoms with van der Waals surface area (Å²) in [4.78, 5) is 13.5. The van der Waals surface area contributed by atoms with E-state index in [-0.39, 0.29) is 11.7 Å². The third-order valence-electron chi connectivity index (χ3n) is 5.82. The van der Waals surface area contributed by atoms with Crippen molar-refractivity contribution in [3.8, 4) is 11.4 Å². The number of aromatic nitrogens is 3. The van der Waals surface area contributed by atoms with E-state index in [2.05, 4.69) is 20.9 Å². The molecule has 0 saturated carbocycles. The van der Waals surface area contributed by atoms with Gasteiger partial charge < -0.3 is 10.7 Å². The summed E-state index contributed by atoms with van der Waals surface area (Å²) < 4.78 is 15.4. The molecule has 2 atom stereocenters. The lowest BCUT2D eigenvalue weighted by atomic mass is 10.0. The van der Waals surface area contributed by atoms with E-state index in [9.17, 15) is 9.18 Å². The lowest BCUT2D eigenvalue weighted by molar-refractivity contribution is -0.116. The quantitative estimate of drug-likeness (QED) is 0.444. The smallest absolute Gasteiger partial charge is 0.240 e. The van der Waals surface area contributed by atoms with Gasteiger partial charge in [-0.25, -0.2) is 9.07 Å². The minimum atomic E-state index is -0.546. The van der Waals surface area contributed by atoms with Crippen LogP contribution in [0.25, 0.3) is 11.4 Å². The zero-order chi connectivity index (χ0) is 22.9. The van der Waals surface area contributed by atoms with Crippen LogP contribution in [0, 0.1) is 19.7 Å². The third-order valence-corrected chi connectivity index (χ3v) is 7.03. The van der Waals surface area contributed by atoms with E-state index >= 15 is 0 Å². The van der Waals surface area contributed by atoms with Gasteiger partial charge >= 0.3 is 0 Å². The molecule has 0 spiro atoms. The minimum absolute atomic E-state index is 0.161. The van der Waals surface area contributed by atoms with Crippen molar-refractivity contribution in [1.82, 2.24) is 14.9 Å². The molecule has 2 N–H and O–H groups in total. The number of nitrogens with zero attached hydrogens (tertiary/aromatic N) is 3. The second kappa shape index (κ2) is 8.71. The van der Waals surface area contributed by atoms with E-state index in [4.69, 9.17) is 0 Å². The van der Waals surface area contributed by atoms with Gasteiger partial charge in [-0.1, -0.05) is 66.4 Å². The SMILES string of the molecule is Cc1cccc(NC(=O)[C@@H]2Sc3nnc(-c4ccccc4)n3N[C@H]2c2ccc(F)cc2)c1C. The molecule has 0 aliphatic carbocycles. The van der Waals surface area contributed by atoms with Crippen molar-refractivity contribution < 1.29 is 9.18 Å². The average molecular weight is 460 g/mol. The normalized spacial score (nSPS) is 17.2. The van der Waals surface area contributed by atoms with Crippen LogP contribution in [0.1, 0.15) is 22.7 Å². The Balaban J connectivity index is 1.52. The fourth-order valence-electron chi connectivity index (χ4n) is 3.84. The highest BCUT2D eigenvalue weighted by atomic mass is 32.2. The second-order valence-corrected chi connectivity index (χ2v) is 9.05. The highest BCUT2D eigenvalue weighted by Crippen LogP contribution is 2.39. The molecule has 0 saturated heterocycles. The number of fused-ring (bicyclic) bond motifs is 1. The molecule has 1 aliphatic rings. The Labute approximate surface area is 195 Å². The zero-order valence-corrected chi connectivity index (χ0v) is 18.9. The highest BCUT2D eigenvalue weighted by Gasteiger charge is 2.38. The van der Waals surface area contributed by atoms with Crippen LogP contribution in [0.15, 0.2) is 78.0 Å². The molecular formula is C25H22FN5OS. The van der Waals surface area contributed by atoms with Crippen molar-refractivity contribution >= 4 is 23.4 Å². The number of carbonyl (C=O) groups is 1. The zero-order valence-electron chi connectivity index (χ0n) is 18.1. The van der Waals surface area contributed by atoms with Crippen molar-refractivity contribution in [3.05, 3.63) is 95.3 Å². The number of halogens is 1. The summed E-state index contributed by atoms with van der Waals surface area (Å²) in [7, 11) is 0. The maximum Gasteiger partial charge on any atom is 0.240 e. The topological polar surface area (TPSA) is 71.8 Å². The lowest BCUT2D eigenvalue weighted by Gasteiger charge is -2.33. The predicted molar refractivity (Wildman–Crippen MR) is 128 cm³/mol. The Morgan fingerprint density at radius 3 is 2.52 bits per heavy atom. The van der Waals surface area contributed by atoms with Crippen LogP contribution in [-0.4, -0.2) is 26.0 Å². The Hall–Kier alpha value is -3.65. The van der Waals surface area contributed by atoms with Crippen LogP contribution in [-0.2, 0) is 4.79 Å². The van der Waals surface area contributed by atoms with Crippen molar-refractivity contribution in [2.75, 3.05) is 10.7 Å². The Morgan fingerprint density at radius 2 is 1.76 bits per heavy atom. The molecule has 5 rings (SSSR count). The van der Waals surface area contributed by atoms with Crippen molar-refractivity contribution in [2.45, 2.75) is 30.3 Å². The maximum atomic E-state index is 13.6. The monoisotopic (exact) mass is 459 g/mol. The largest absolute Gasteiger partial charge is 0.325 e. The standard InChI is InChI=1S/C25H22FN5OS/c1-15-7-6-10-20(16(15)2)27-24(32)22-21(17-11-13-19(26)14-12-17)30-31-23(28-29-25(31)33-22)18-8-4-3-5-9-18/h3-14,21-22,30H,1-2H3,(H,27,32)/t21-,22+/m0/s1. The fraction of sp³-hybridized carbons (Fsp3) is 0.160. The summed E-state index contributed by atoms with van der Waals surface area (Å²) in [5.74, 6) is 0.165. The molecule has 1 aliphatic heterocycles. The van der Waals surface area contributed by atoms with Gasteiger partial charge in [-0.2, -0.15) is 0 Å². The van der Waals surface area contributed by atoms with Crippen LogP contribution < -0.4 is 10.7 Å². The van der Waals surface area contributed by atoms with E-state index in [0.717, 1.165) is 27.9 Å². The van der Waals surface area contributed by atoms with Crippen molar-refractivity contribution in [2.24, 2.45) is 0 Å². The number of anilines is 1. The molecule has 0 bridgehead atoms. The van der Waals surface area contributed by atoms with Gasteiger partial charge in [0, 0.05) is 11.3 Å². The third kappa shape index (κ3) is 4.09. The fourth-order valence-corrected chi connectivity index (χ4v) is 4.92. The first-order valence-corrected chi connectivity index (χ1v) is 11.5. The number of amides is 1. The first-order valence-electron chi connectivity index (χ1n) is 10.6. The Morgan fingerprint density at radius 1 is 1.00 bits per heavy atom. The maximum absolute atomic E-state index is 13.6. The number of hydrogen-bond donors (Lipinski definition) is 2. The Kier molecular flexibility index (Phi) is 5.60. The summed E-state index contributed by atoms with van der Waals surface area (Å²) in [5.41, 5.74) is 8.00. The van der Waals surface area contributed by atoms with E-state index in [0.29, 0.717) is 11.0 Å². The molecule has 3 aromatic carbocycles. The summed E-state index contributed by atoms with van der Waals surface area (Å²) in [6, 6.07) is 21.3. The van der Waals surface area contributed by atoms with Crippen LogP contribution >= 0.6 is 11.8 Å². The van der Waals surface area contributed by atoms with Gasteiger partial charge in [0.2, 0.25) is 11.1 Å². The van der Waals surface area contributed by atoms with Crippen LogP contribution in [0.2, 0.25) is 0 Å². The van der Waals surface area contributed by atoms with Crippen LogP contribution in [0.4, 0.5) is 10.1 Å². The van der Waals surface area contributed by atoms with Crippen molar-refractivity contribution in [3.63, 3.8) is 0 Å². The van der Waals surface area contributed by atoms with Gasteiger partial charge in [0.1, 0.15) is 11.1 Å². The molecule has 8 heteroatoms. The van der Waals surface area contributed by atoms with Crippen LogP contribution in [0.3, 0.4) is 0 Å². The number of nitrogens with one attached hydrogen (secondary N) is 2. The number of aryl methyl sites for hydroxylation is 1. The summed E-state index contributed by atoms with van der Waals surface area (Å²) in [6.07, 6.45) is 0. The molecule has 2 heterocycles. The first-order chi connectivity index (χ1) is 16.0. The molecule has 0 fully saturated rings. The molecule has 1 amide bonds. The van der Waals surface area contributed by atoms with Crippen LogP contribution in [0.5, 0.6) is 0 Å². The molecule has 4 aromatic rings. The van der Waals surface area contributed by atoms with Gasteiger partial charge in [0.25, 0.3) is 0 Å². The minimum Gasteiger partial charge on any atom is -0.325 e. The molecular weight excluding hydrogens is 437 g/mol. The Bertz CT molecular complexity index is 1310. The van der Waals surface area contributed by atoms with Gasteiger partial charge in [0.05, 0.1) is 6.04 Å². The van der Waals surface area contributed by atoms with E-state index in [1.807, 2.05) is 62.4 Å².